The molecule has 0 bridgehead atoms. The van der Waals surface area contributed by atoms with Crippen LogP contribution in [0.2, 0.25) is 0 Å². The Morgan fingerprint density at radius 1 is 1.36 bits per heavy atom. The Bertz CT molecular complexity index is 227. The first kappa shape index (κ1) is 13.4. The molecule has 84 valence electrons. The summed E-state index contributed by atoms with van der Waals surface area (Å²) in [5.41, 5.74) is 0. The first-order chi connectivity index (χ1) is 6.56. The lowest BCUT2D eigenvalue weighted by Gasteiger charge is -2.08. The maximum Gasteiger partial charge on any atom is 0.321 e. The van der Waals surface area contributed by atoms with Gasteiger partial charge in [-0.3, -0.25) is 4.79 Å². The predicted octanol–water partition coefficient (Wildman–Crippen LogP) is 1.66. The summed E-state index contributed by atoms with van der Waals surface area (Å²) in [7, 11) is -3.03. The number of carbonyl (C=O) groups is 1. The highest BCUT2D eigenvalue weighted by Gasteiger charge is 2.07. The minimum atomic E-state index is -3.03. The van der Waals surface area contributed by atoms with Gasteiger partial charge in [-0.15, -0.1) is 0 Å². The van der Waals surface area contributed by atoms with Crippen LogP contribution < -0.4 is 0 Å². The van der Waals surface area contributed by atoms with Crippen LogP contribution in [-0.4, -0.2) is 14.4 Å². The van der Waals surface area contributed by atoms with Crippen molar-refractivity contribution < 1.29 is 17.4 Å². The third-order valence-corrected chi connectivity index (χ3v) is 2.42. The topological polar surface area (TPSA) is 60.4 Å². The first-order valence-corrected chi connectivity index (χ1v) is 6.01. The monoisotopic (exact) mass is 222 g/mol. The molecular weight excluding hydrogens is 204 g/mol. The van der Waals surface area contributed by atoms with Gasteiger partial charge in [-0.25, -0.2) is 0 Å². The van der Waals surface area contributed by atoms with Gasteiger partial charge in [0.2, 0.25) is 0 Å². The normalized spacial score (nSPS) is 12.8. The number of hydrogen-bond acceptors (Lipinski definition) is 4. The second-order valence-electron chi connectivity index (χ2n) is 3.47. The average molecular weight is 222 g/mol. The molecule has 0 saturated heterocycles. The van der Waals surface area contributed by atoms with Gasteiger partial charge >= 0.3 is 17.0 Å². The highest BCUT2D eigenvalue weighted by molar-refractivity contribution is 7.67. The van der Waals surface area contributed by atoms with Gasteiger partial charge in [0.25, 0.3) is 0 Å². The Balaban J connectivity index is 3.55. The van der Waals surface area contributed by atoms with E-state index in [1.807, 2.05) is 0 Å². The fourth-order valence-corrected chi connectivity index (χ4v) is 1.45. The smallest absolute Gasteiger partial charge is 0.321 e. The van der Waals surface area contributed by atoms with E-state index in [0.717, 1.165) is 19.3 Å². The van der Waals surface area contributed by atoms with Gasteiger partial charge in [-0.05, 0) is 12.3 Å². The molecule has 0 fully saturated rings. The molecule has 0 aliphatic rings. The fraction of sp³-hybridized carbons (Fsp3) is 0.889. The zero-order valence-electron chi connectivity index (χ0n) is 8.69. The van der Waals surface area contributed by atoms with Crippen molar-refractivity contribution in [3.05, 3.63) is 0 Å². The van der Waals surface area contributed by atoms with Crippen LogP contribution in [0.1, 0.15) is 46.0 Å². The summed E-state index contributed by atoms with van der Waals surface area (Å²) in [6.45, 7) is 4.17. The standard InChI is InChI=1S/C9H18O4S/c1-3-4-5-8(2)6-7-9(10)13-14(11)12/h8,14H,3-7H2,1-2H3. The SMILES string of the molecule is CCCCC(C)CCC(=O)O[SH](=O)=O. The third-order valence-electron chi connectivity index (χ3n) is 2.07. The summed E-state index contributed by atoms with van der Waals surface area (Å²) in [6, 6.07) is 0. The number of rotatable bonds is 7. The molecule has 0 spiro atoms. The number of unbranched alkanes of at least 4 members (excludes halogenated alkanes) is 1. The molecule has 0 amide bonds. The number of hydrogen-bond donors (Lipinski definition) is 1. The van der Waals surface area contributed by atoms with Crippen molar-refractivity contribution in [3.8, 4) is 0 Å². The van der Waals surface area contributed by atoms with E-state index in [1.165, 1.54) is 0 Å². The van der Waals surface area contributed by atoms with Crippen molar-refractivity contribution >= 4 is 17.0 Å². The summed E-state index contributed by atoms with van der Waals surface area (Å²) in [4.78, 5) is 10.8. The predicted molar refractivity (Wildman–Crippen MR) is 54.3 cm³/mol. The van der Waals surface area contributed by atoms with Gasteiger partial charge < -0.3 is 4.18 Å². The van der Waals surface area contributed by atoms with Crippen molar-refractivity contribution in [2.45, 2.75) is 46.0 Å². The summed E-state index contributed by atoms with van der Waals surface area (Å²) >= 11 is 0. The van der Waals surface area contributed by atoms with Crippen molar-refractivity contribution in [2.24, 2.45) is 5.92 Å². The van der Waals surface area contributed by atoms with Crippen LogP contribution in [0.5, 0.6) is 0 Å². The van der Waals surface area contributed by atoms with Crippen molar-refractivity contribution in [2.75, 3.05) is 0 Å². The van der Waals surface area contributed by atoms with E-state index >= 15 is 0 Å². The average Bonchev–Trinajstić information content (AvgIpc) is 2.10. The Kier molecular flexibility index (Phi) is 7.47. The molecule has 4 nitrogen and oxygen atoms in total. The van der Waals surface area contributed by atoms with Crippen molar-refractivity contribution in [1.82, 2.24) is 0 Å². The van der Waals surface area contributed by atoms with Gasteiger partial charge in [-0.1, -0.05) is 33.1 Å². The maximum atomic E-state index is 10.8. The van der Waals surface area contributed by atoms with Gasteiger partial charge in [0.15, 0.2) is 0 Å². The molecule has 0 N–H and O–H groups in total. The molecule has 1 unspecified atom stereocenters. The number of carbonyl (C=O) groups excluding carboxylic acids is 1. The lowest BCUT2D eigenvalue weighted by atomic mass is 9.99. The van der Waals surface area contributed by atoms with Gasteiger partial charge in [0, 0.05) is 6.42 Å². The zero-order valence-corrected chi connectivity index (χ0v) is 9.59. The Morgan fingerprint density at radius 2 is 2.00 bits per heavy atom. The van der Waals surface area contributed by atoms with E-state index in [4.69, 9.17) is 0 Å². The molecule has 0 heterocycles. The van der Waals surface area contributed by atoms with Gasteiger partial charge in [-0.2, -0.15) is 8.42 Å². The molecule has 0 saturated carbocycles. The summed E-state index contributed by atoms with van der Waals surface area (Å²) < 4.78 is 24.1. The Hall–Kier alpha value is -0.580. The molecule has 0 aliphatic heterocycles. The minimum absolute atomic E-state index is 0.189. The van der Waals surface area contributed by atoms with Crippen LogP contribution in [0, 0.1) is 5.92 Å². The molecule has 14 heavy (non-hydrogen) atoms. The quantitative estimate of drug-likeness (QED) is 0.665. The zero-order chi connectivity index (χ0) is 11.0. The fourth-order valence-electron chi connectivity index (χ4n) is 1.19. The molecule has 0 aromatic heterocycles. The molecule has 5 heteroatoms. The molecule has 0 aromatic carbocycles. The van der Waals surface area contributed by atoms with E-state index < -0.39 is 17.0 Å². The van der Waals surface area contributed by atoms with E-state index in [9.17, 15) is 13.2 Å². The molecule has 0 rings (SSSR count). The van der Waals surface area contributed by atoms with E-state index in [1.54, 1.807) is 0 Å². The van der Waals surface area contributed by atoms with Crippen LogP contribution in [0.15, 0.2) is 0 Å². The largest absolute Gasteiger partial charge is 0.348 e. The van der Waals surface area contributed by atoms with Gasteiger partial charge in [0.05, 0.1) is 0 Å². The van der Waals surface area contributed by atoms with Crippen LogP contribution >= 0.6 is 0 Å². The van der Waals surface area contributed by atoms with Crippen molar-refractivity contribution in [1.29, 1.82) is 0 Å². The second kappa shape index (κ2) is 7.79. The summed E-state index contributed by atoms with van der Waals surface area (Å²) in [5.74, 6) is -0.198. The highest BCUT2D eigenvalue weighted by atomic mass is 32.2. The lowest BCUT2D eigenvalue weighted by Crippen LogP contribution is -2.05. The van der Waals surface area contributed by atoms with Gasteiger partial charge in [0.1, 0.15) is 0 Å². The lowest BCUT2D eigenvalue weighted by molar-refractivity contribution is -0.133. The molecule has 0 aromatic rings. The second-order valence-corrected chi connectivity index (χ2v) is 4.10. The molecule has 1 atom stereocenters. The van der Waals surface area contributed by atoms with Crippen molar-refractivity contribution in [3.63, 3.8) is 0 Å². The minimum Gasteiger partial charge on any atom is -0.348 e. The Labute approximate surface area is 86.8 Å². The third kappa shape index (κ3) is 8.04. The summed E-state index contributed by atoms with van der Waals surface area (Å²) in [5, 5.41) is 0. The molecule has 0 radical (unpaired) electrons. The first-order valence-electron chi connectivity index (χ1n) is 4.91. The highest BCUT2D eigenvalue weighted by Crippen LogP contribution is 2.13. The Morgan fingerprint density at radius 3 is 2.50 bits per heavy atom. The van der Waals surface area contributed by atoms with Crippen LogP contribution in [0.3, 0.4) is 0 Å². The number of thiol groups is 1. The molecular formula is C9H18O4S. The van der Waals surface area contributed by atoms with Crippen LogP contribution in [0.25, 0.3) is 0 Å². The summed E-state index contributed by atoms with van der Waals surface area (Å²) in [6.07, 6.45) is 4.25. The van der Waals surface area contributed by atoms with E-state index in [-0.39, 0.29) is 6.42 Å². The molecule has 0 aliphatic carbocycles. The van der Waals surface area contributed by atoms with E-state index in [0.29, 0.717) is 12.3 Å². The van der Waals surface area contributed by atoms with Crippen LogP contribution in [-0.2, 0) is 20.0 Å². The maximum absolute atomic E-state index is 10.8. The van der Waals surface area contributed by atoms with Crippen LogP contribution in [0.4, 0.5) is 0 Å². The van der Waals surface area contributed by atoms with E-state index in [2.05, 4.69) is 18.0 Å².